The molecule has 0 spiro atoms. The third kappa shape index (κ3) is 1.71. The van der Waals surface area contributed by atoms with Crippen LogP contribution in [-0.2, 0) is 11.2 Å². The summed E-state index contributed by atoms with van der Waals surface area (Å²) in [5, 5.41) is 2.70. The number of carbonyl (C=O) groups excluding carboxylic acids is 1. The summed E-state index contributed by atoms with van der Waals surface area (Å²) in [4.78, 5) is 15.1. The van der Waals surface area contributed by atoms with Crippen LogP contribution in [0.5, 0.6) is 0 Å². The smallest absolute Gasteiger partial charge is 0.212 e. The van der Waals surface area contributed by atoms with Crippen LogP contribution >= 0.6 is 15.9 Å². The van der Waals surface area contributed by atoms with Crippen LogP contribution in [0.15, 0.2) is 16.7 Å². The van der Waals surface area contributed by atoms with Gasteiger partial charge in [-0.25, -0.2) is 4.98 Å². The number of halogens is 1. The van der Waals surface area contributed by atoms with Gasteiger partial charge in [0.2, 0.25) is 6.41 Å². The fourth-order valence-corrected chi connectivity index (χ4v) is 2.32. The summed E-state index contributed by atoms with van der Waals surface area (Å²) in [6.45, 7) is 4.01. The van der Waals surface area contributed by atoms with E-state index in [1.54, 1.807) is 0 Å². The maximum atomic E-state index is 10.6. The largest absolute Gasteiger partial charge is 0.313 e. The standard InChI is InChI=1S/C11H12BrN3O/c1-3-9-11(13-6-16)15-5-8(12)4-7(2)10(15)14-9/h4-6H,3H2,1-2H3,(H,13,16). The van der Waals surface area contributed by atoms with Crippen LogP contribution in [0, 0.1) is 6.92 Å². The zero-order chi connectivity index (χ0) is 11.7. The number of nitrogens with zero attached hydrogens (tertiary/aromatic N) is 2. The van der Waals surface area contributed by atoms with Crippen LogP contribution in [0.4, 0.5) is 5.82 Å². The van der Waals surface area contributed by atoms with E-state index in [0.717, 1.165) is 33.6 Å². The second-order valence-corrected chi connectivity index (χ2v) is 4.47. The van der Waals surface area contributed by atoms with Gasteiger partial charge in [0.15, 0.2) is 0 Å². The molecule has 4 nitrogen and oxygen atoms in total. The van der Waals surface area contributed by atoms with E-state index < -0.39 is 0 Å². The van der Waals surface area contributed by atoms with Crippen molar-refractivity contribution in [1.82, 2.24) is 9.38 Å². The lowest BCUT2D eigenvalue weighted by molar-refractivity contribution is -0.105. The SMILES string of the molecule is CCc1nc2c(C)cc(Br)cn2c1NC=O. The second kappa shape index (κ2) is 4.25. The Balaban J connectivity index is 2.78. The number of imidazole rings is 1. The first-order valence-corrected chi connectivity index (χ1v) is 5.84. The molecule has 0 radical (unpaired) electrons. The Morgan fingerprint density at radius 1 is 1.62 bits per heavy atom. The number of carbonyl (C=O) groups is 1. The zero-order valence-corrected chi connectivity index (χ0v) is 10.7. The molecule has 0 fully saturated rings. The van der Waals surface area contributed by atoms with Crippen molar-refractivity contribution in [3.8, 4) is 0 Å². The van der Waals surface area contributed by atoms with Gasteiger partial charge in [0.25, 0.3) is 0 Å². The average Bonchev–Trinajstić information content (AvgIpc) is 2.58. The normalized spacial score (nSPS) is 10.7. The minimum Gasteiger partial charge on any atom is -0.313 e. The fraction of sp³-hybridized carbons (Fsp3) is 0.273. The van der Waals surface area contributed by atoms with Gasteiger partial charge in [-0.15, -0.1) is 0 Å². The molecule has 2 heterocycles. The molecule has 0 saturated heterocycles. The van der Waals surface area contributed by atoms with Crippen LogP contribution in [-0.4, -0.2) is 15.8 Å². The molecule has 0 unspecified atom stereocenters. The molecule has 84 valence electrons. The van der Waals surface area contributed by atoms with Crippen molar-refractivity contribution in [2.75, 3.05) is 5.32 Å². The molecule has 1 N–H and O–H groups in total. The molecule has 2 aromatic rings. The van der Waals surface area contributed by atoms with E-state index in [-0.39, 0.29) is 0 Å². The Labute approximate surface area is 102 Å². The summed E-state index contributed by atoms with van der Waals surface area (Å²) in [5.41, 5.74) is 2.85. The number of hydrogen-bond donors (Lipinski definition) is 1. The molecule has 5 heteroatoms. The van der Waals surface area contributed by atoms with Crippen LogP contribution in [0.1, 0.15) is 18.2 Å². The van der Waals surface area contributed by atoms with Gasteiger partial charge in [0, 0.05) is 10.7 Å². The van der Waals surface area contributed by atoms with Gasteiger partial charge in [-0.05, 0) is 40.9 Å². The molecule has 2 aromatic heterocycles. The summed E-state index contributed by atoms with van der Waals surface area (Å²) in [6.07, 6.45) is 3.37. The highest BCUT2D eigenvalue weighted by molar-refractivity contribution is 9.10. The molecule has 16 heavy (non-hydrogen) atoms. The highest BCUT2D eigenvalue weighted by Gasteiger charge is 2.12. The van der Waals surface area contributed by atoms with Gasteiger partial charge < -0.3 is 5.32 Å². The Morgan fingerprint density at radius 2 is 2.38 bits per heavy atom. The van der Waals surface area contributed by atoms with Crippen molar-refractivity contribution in [3.05, 3.63) is 28.0 Å². The predicted octanol–water partition coefficient (Wildman–Crippen LogP) is 2.54. The Bertz CT molecular complexity index is 548. The van der Waals surface area contributed by atoms with Crippen molar-refractivity contribution in [3.63, 3.8) is 0 Å². The Kier molecular flexibility index (Phi) is 2.96. The molecule has 0 bridgehead atoms. The third-order valence-electron chi connectivity index (χ3n) is 2.47. The fourth-order valence-electron chi connectivity index (χ4n) is 1.77. The van der Waals surface area contributed by atoms with E-state index in [9.17, 15) is 4.79 Å². The van der Waals surface area contributed by atoms with E-state index >= 15 is 0 Å². The first kappa shape index (κ1) is 11.1. The lowest BCUT2D eigenvalue weighted by atomic mass is 10.3. The first-order valence-electron chi connectivity index (χ1n) is 5.04. The Morgan fingerprint density at radius 3 is 3.00 bits per heavy atom. The van der Waals surface area contributed by atoms with Gasteiger partial charge in [-0.1, -0.05) is 6.92 Å². The number of amides is 1. The quantitative estimate of drug-likeness (QED) is 0.879. The zero-order valence-electron chi connectivity index (χ0n) is 9.12. The van der Waals surface area contributed by atoms with Crippen LogP contribution in [0.3, 0.4) is 0 Å². The number of aromatic nitrogens is 2. The molecule has 0 aliphatic rings. The van der Waals surface area contributed by atoms with Crippen molar-refractivity contribution in [2.45, 2.75) is 20.3 Å². The highest BCUT2D eigenvalue weighted by Crippen LogP contribution is 2.23. The molecule has 2 rings (SSSR count). The number of fused-ring (bicyclic) bond motifs is 1. The maximum absolute atomic E-state index is 10.6. The topological polar surface area (TPSA) is 46.4 Å². The van der Waals surface area contributed by atoms with E-state index in [4.69, 9.17) is 0 Å². The number of rotatable bonds is 3. The van der Waals surface area contributed by atoms with Gasteiger partial charge in [0.1, 0.15) is 11.5 Å². The minimum absolute atomic E-state index is 0.679. The Hall–Kier alpha value is -1.36. The van der Waals surface area contributed by atoms with Gasteiger partial charge >= 0.3 is 0 Å². The number of aryl methyl sites for hydroxylation is 2. The van der Waals surface area contributed by atoms with Crippen molar-refractivity contribution in [1.29, 1.82) is 0 Å². The number of anilines is 1. The molecule has 0 aliphatic heterocycles. The maximum Gasteiger partial charge on any atom is 0.212 e. The minimum atomic E-state index is 0.679. The monoisotopic (exact) mass is 281 g/mol. The summed E-state index contributed by atoms with van der Waals surface area (Å²) < 4.78 is 2.86. The van der Waals surface area contributed by atoms with Gasteiger partial charge in [-0.3, -0.25) is 9.20 Å². The van der Waals surface area contributed by atoms with E-state index in [1.807, 2.05) is 30.5 Å². The van der Waals surface area contributed by atoms with Gasteiger partial charge in [-0.2, -0.15) is 0 Å². The molecular weight excluding hydrogens is 270 g/mol. The molecule has 0 aromatic carbocycles. The van der Waals surface area contributed by atoms with Crippen molar-refractivity contribution in [2.24, 2.45) is 0 Å². The third-order valence-corrected chi connectivity index (χ3v) is 2.91. The molecule has 1 amide bonds. The summed E-state index contributed by atoms with van der Waals surface area (Å²) in [6, 6.07) is 2.01. The molecule has 0 aliphatic carbocycles. The lowest BCUT2D eigenvalue weighted by Crippen LogP contribution is -2.01. The van der Waals surface area contributed by atoms with Gasteiger partial charge in [0.05, 0.1) is 5.69 Å². The van der Waals surface area contributed by atoms with Crippen LogP contribution in [0.25, 0.3) is 5.65 Å². The second-order valence-electron chi connectivity index (χ2n) is 3.56. The van der Waals surface area contributed by atoms with Crippen LogP contribution in [0.2, 0.25) is 0 Å². The average molecular weight is 282 g/mol. The summed E-state index contributed by atoms with van der Waals surface area (Å²) in [7, 11) is 0. The van der Waals surface area contributed by atoms with E-state index in [2.05, 4.69) is 26.2 Å². The van der Waals surface area contributed by atoms with E-state index in [1.165, 1.54) is 0 Å². The lowest BCUT2D eigenvalue weighted by Gasteiger charge is -2.03. The molecule has 0 saturated carbocycles. The first-order chi connectivity index (χ1) is 7.67. The highest BCUT2D eigenvalue weighted by atomic mass is 79.9. The number of nitrogens with one attached hydrogen (secondary N) is 1. The van der Waals surface area contributed by atoms with Crippen molar-refractivity contribution >= 4 is 33.8 Å². The van der Waals surface area contributed by atoms with Crippen molar-refractivity contribution < 1.29 is 4.79 Å². The van der Waals surface area contributed by atoms with Crippen LogP contribution < -0.4 is 5.32 Å². The number of pyridine rings is 1. The van der Waals surface area contributed by atoms with E-state index in [0.29, 0.717) is 6.41 Å². The number of hydrogen-bond acceptors (Lipinski definition) is 2. The summed E-state index contributed by atoms with van der Waals surface area (Å²) >= 11 is 3.43. The molecular formula is C11H12BrN3O. The summed E-state index contributed by atoms with van der Waals surface area (Å²) in [5.74, 6) is 0.747. The predicted molar refractivity (Wildman–Crippen MR) is 66.7 cm³/mol. The molecule has 0 atom stereocenters.